The van der Waals surface area contributed by atoms with Crippen molar-refractivity contribution in [3.63, 3.8) is 0 Å². The molecule has 0 unspecified atom stereocenters. The molecule has 5 heteroatoms. The van der Waals surface area contributed by atoms with Crippen molar-refractivity contribution >= 4 is 11.9 Å². The Bertz CT molecular complexity index is 481. The number of aliphatic carboxylic acids is 1. The minimum Gasteiger partial charge on any atom is -0.481 e. The van der Waals surface area contributed by atoms with Crippen LogP contribution in [0.25, 0.3) is 0 Å². The van der Waals surface area contributed by atoms with Gasteiger partial charge in [-0.25, -0.2) is 4.39 Å². The first-order valence-electron chi connectivity index (χ1n) is 6.33. The van der Waals surface area contributed by atoms with Gasteiger partial charge in [-0.15, -0.1) is 0 Å². The van der Waals surface area contributed by atoms with Crippen LogP contribution < -0.4 is 0 Å². The summed E-state index contributed by atoms with van der Waals surface area (Å²) in [5.41, 5.74) is 0.0826. The normalized spacial score (nSPS) is 16.4. The Kier molecular flexibility index (Phi) is 4.14. The number of benzene rings is 1. The molecule has 0 spiro atoms. The zero-order valence-electron chi connectivity index (χ0n) is 10.5. The molecule has 19 heavy (non-hydrogen) atoms. The lowest BCUT2D eigenvalue weighted by Gasteiger charge is -2.31. The number of carboxylic acids is 1. The monoisotopic (exact) mass is 265 g/mol. The van der Waals surface area contributed by atoms with Crippen molar-refractivity contribution in [1.29, 1.82) is 0 Å². The molecule has 1 amide bonds. The van der Waals surface area contributed by atoms with Gasteiger partial charge in [0.15, 0.2) is 0 Å². The summed E-state index contributed by atoms with van der Waals surface area (Å²) in [6.45, 7) is 0.982. The predicted octanol–water partition coefficient (Wildman–Crippen LogP) is 2.15. The van der Waals surface area contributed by atoms with Crippen molar-refractivity contribution in [1.82, 2.24) is 4.90 Å². The van der Waals surface area contributed by atoms with Gasteiger partial charge in [-0.3, -0.25) is 9.59 Å². The van der Waals surface area contributed by atoms with Crippen LogP contribution in [0.2, 0.25) is 0 Å². The molecule has 4 nitrogen and oxygen atoms in total. The van der Waals surface area contributed by atoms with E-state index in [1.165, 1.54) is 12.1 Å². The van der Waals surface area contributed by atoms with Gasteiger partial charge in [-0.1, -0.05) is 12.1 Å². The Morgan fingerprint density at radius 3 is 2.47 bits per heavy atom. The van der Waals surface area contributed by atoms with Gasteiger partial charge >= 0.3 is 5.97 Å². The highest BCUT2D eigenvalue weighted by atomic mass is 19.1. The van der Waals surface area contributed by atoms with Crippen molar-refractivity contribution < 1.29 is 19.1 Å². The molecule has 1 N–H and O–H groups in total. The molecule has 0 saturated carbocycles. The van der Waals surface area contributed by atoms with E-state index in [1.54, 1.807) is 17.0 Å². The number of carboxylic acid groups (broad SMARTS) is 1. The van der Waals surface area contributed by atoms with Crippen molar-refractivity contribution in [2.45, 2.75) is 19.3 Å². The fourth-order valence-electron chi connectivity index (χ4n) is 2.39. The second-order valence-corrected chi connectivity index (χ2v) is 4.81. The highest BCUT2D eigenvalue weighted by Crippen LogP contribution is 2.22. The van der Waals surface area contributed by atoms with Crippen LogP contribution in [0.4, 0.5) is 4.39 Å². The second kappa shape index (κ2) is 5.82. The maximum absolute atomic E-state index is 13.5. The van der Waals surface area contributed by atoms with E-state index in [-0.39, 0.29) is 23.8 Å². The molecule has 1 aliphatic heterocycles. The van der Waals surface area contributed by atoms with E-state index < -0.39 is 11.8 Å². The van der Waals surface area contributed by atoms with E-state index >= 15 is 0 Å². The van der Waals surface area contributed by atoms with E-state index in [1.807, 2.05) is 0 Å². The number of hydrogen-bond acceptors (Lipinski definition) is 2. The molecule has 1 fully saturated rings. The summed E-state index contributed by atoms with van der Waals surface area (Å²) in [6, 6.07) is 5.92. The van der Waals surface area contributed by atoms with Gasteiger partial charge in [-0.05, 0) is 30.9 Å². The van der Waals surface area contributed by atoms with Crippen molar-refractivity contribution in [3.8, 4) is 0 Å². The predicted molar refractivity (Wildman–Crippen MR) is 67.3 cm³/mol. The number of carbonyl (C=O) groups excluding carboxylic acids is 1. The van der Waals surface area contributed by atoms with E-state index in [4.69, 9.17) is 5.11 Å². The molecular formula is C14H16FNO3. The molecule has 1 aromatic carbocycles. The van der Waals surface area contributed by atoms with Crippen LogP contribution in [0.15, 0.2) is 24.3 Å². The first kappa shape index (κ1) is 13.5. The molecule has 1 aliphatic rings. The highest BCUT2D eigenvalue weighted by Gasteiger charge is 2.26. The summed E-state index contributed by atoms with van der Waals surface area (Å²) in [4.78, 5) is 24.3. The minimum atomic E-state index is -0.807. The van der Waals surface area contributed by atoms with Crippen molar-refractivity contribution in [3.05, 3.63) is 35.6 Å². The van der Waals surface area contributed by atoms with Crippen LogP contribution >= 0.6 is 0 Å². The lowest BCUT2D eigenvalue weighted by molar-refractivity contribution is -0.138. The molecule has 102 valence electrons. The number of hydrogen-bond donors (Lipinski definition) is 1. The molecule has 0 bridgehead atoms. The smallest absolute Gasteiger partial charge is 0.303 e. The van der Waals surface area contributed by atoms with Gasteiger partial charge in [0.25, 0.3) is 5.91 Å². The van der Waals surface area contributed by atoms with Crippen LogP contribution in [-0.4, -0.2) is 35.0 Å². The maximum atomic E-state index is 13.5. The number of likely N-dealkylation sites (tertiary alicyclic amines) is 1. The van der Waals surface area contributed by atoms with Crippen LogP contribution in [0.5, 0.6) is 0 Å². The molecular weight excluding hydrogens is 249 g/mol. The number of piperidine rings is 1. The Balaban J connectivity index is 1.96. The zero-order valence-corrected chi connectivity index (χ0v) is 10.5. The van der Waals surface area contributed by atoms with E-state index in [2.05, 4.69) is 0 Å². The SMILES string of the molecule is O=C(O)CC1CCN(C(=O)c2ccccc2F)CC1. The fourth-order valence-corrected chi connectivity index (χ4v) is 2.39. The topological polar surface area (TPSA) is 57.6 Å². The molecule has 0 atom stereocenters. The number of rotatable bonds is 3. The summed E-state index contributed by atoms with van der Waals surface area (Å²) >= 11 is 0. The standard InChI is InChI=1S/C14H16FNO3/c15-12-4-2-1-3-11(12)14(19)16-7-5-10(6-8-16)9-13(17)18/h1-4,10H,5-9H2,(H,17,18). The van der Waals surface area contributed by atoms with Crippen molar-refractivity contribution in [2.24, 2.45) is 5.92 Å². The summed E-state index contributed by atoms with van der Waals surface area (Å²) in [5, 5.41) is 8.73. The van der Waals surface area contributed by atoms with E-state index in [9.17, 15) is 14.0 Å². The van der Waals surface area contributed by atoms with Gasteiger partial charge in [-0.2, -0.15) is 0 Å². The van der Waals surface area contributed by atoms with Crippen LogP contribution in [0, 0.1) is 11.7 Å². The van der Waals surface area contributed by atoms with Gasteiger partial charge in [0.05, 0.1) is 5.56 Å². The second-order valence-electron chi connectivity index (χ2n) is 4.81. The minimum absolute atomic E-state index is 0.0826. The van der Waals surface area contributed by atoms with Gasteiger partial charge in [0.2, 0.25) is 0 Å². The Morgan fingerprint density at radius 1 is 1.26 bits per heavy atom. The first-order chi connectivity index (χ1) is 9.08. The number of nitrogens with zero attached hydrogens (tertiary/aromatic N) is 1. The van der Waals surface area contributed by atoms with Crippen LogP contribution in [0.1, 0.15) is 29.6 Å². The molecule has 0 aromatic heterocycles. The third-order valence-electron chi connectivity index (χ3n) is 3.47. The summed E-state index contributed by atoms with van der Waals surface area (Å²) in [7, 11) is 0. The molecule has 0 radical (unpaired) electrons. The number of amides is 1. The maximum Gasteiger partial charge on any atom is 0.303 e. The molecule has 1 saturated heterocycles. The van der Waals surface area contributed by atoms with Gasteiger partial charge in [0, 0.05) is 19.5 Å². The largest absolute Gasteiger partial charge is 0.481 e. The summed E-state index contributed by atoms with van der Waals surface area (Å²) < 4.78 is 13.5. The van der Waals surface area contributed by atoms with Crippen LogP contribution in [-0.2, 0) is 4.79 Å². The highest BCUT2D eigenvalue weighted by molar-refractivity contribution is 5.94. The average Bonchev–Trinajstić information content (AvgIpc) is 2.39. The number of halogens is 1. The molecule has 1 heterocycles. The quantitative estimate of drug-likeness (QED) is 0.911. The van der Waals surface area contributed by atoms with Gasteiger partial charge in [0.1, 0.15) is 5.82 Å². The average molecular weight is 265 g/mol. The Labute approximate surface area is 110 Å². The summed E-state index contributed by atoms with van der Waals surface area (Å²) in [5.74, 6) is -1.52. The van der Waals surface area contributed by atoms with E-state index in [0.717, 1.165) is 0 Å². The third-order valence-corrected chi connectivity index (χ3v) is 3.47. The summed E-state index contributed by atoms with van der Waals surface area (Å²) in [6.07, 6.45) is 1.46. The van der Waals surface area contributed by atoms with Crippen molar-refractivity contribution in [2.75, 3.05) is 13.1 Å². The van der Waals surface area contributed by atoms with E-state index in [0.29, 0.717) is 25.9 Å². The first-order valence-corrected chi connectivity index (χ1v) is 6.33. The molecule has 1 aromatic rings. The molecule has 0 aliphatic carbocycles. The lowest BCUT2D eigenvalue weighted by Crippen LogP contribution is -2.39. The molecule has 2 rings (SSSR count). The Hall–Kier alpha value is -1.91. The Morgan fingerprint density at radius 2 is 1.89 bits per heavy atom. The van der Waals surface area contributed by atoms with Gasteiger partial charge < -0.3 is 10.0 Å². The third kappa shape index (κ3) is 3.30. The van der Waals surface area contributed by atoms with Crippen LogP contribution in [0.3, 0.4) is 0 Å². The number of carbonyl (C=O) groups is 2. The zero-order chi connectivity index (χ0) is 13.8. The lowest BCUT2D eigenvalue weighted by atomic mass is 9.93. The fraction of sp³-hybridized carbons (Fsp3) is 0.429.